The van der Waals surface area contributed by atoms with Gasteiger partial charge in [0.05, 0.1) is 15.9 Å². The SMILES string of the molecule is CCn1nc(C)c(Br)c1CNC1CCCC1. The highest BCUT2D eigenvalue weighted by atomic mass is 79.9. The quantitative estimate of drug-likeness (QED) is 0.922. The molecule has 1 aromatic heterocycles. The molecule has 0 atom stereocenters. The molecule has 2 rings (SSSR count). The van der Waals surface area contributed by atoms with Crippen LogP contribution in [0.3, 0.4) is 0 Å². The Balaban J connectivity index is 2.01. The lowest BCUT2D eigenvalue weighted by atomic mass is 10.2. The first kappa shape index (κ1) is 12.1. The minimum absolute atomic E-state index is 0.715. The zero-order chi connectivity index (χ0) is 11.5. The van der Waals surface area contributed by atoms with Gasteiger partial charge in [0.2, 0.25) is 0 Å². The molecule has 3 nitrogen and oxygen atoms in total. The van der Waals surface area contributed by atoms with Crippen molar-refractivity contribution in [3.05, 3.63) is 15.9 Å². The van der Waals surface area contributed by atoms with Crippen LogP contribution in [0.1, 0.15) is 44.0 Å². The maximum atomic E-state index is 4.50. The van der Waals surface area contributed by atoms with E-state index in [4.69, 9.17) is 0 Å². The van der Waals surface area contributed by atoms with Crippen LogP contribution in [0.25, 0.3) is 0 Å². The van der Waals surface area contributed by atoms with Crippen molar-refractivity contribution in [3.8, 4) is 0 Å². The van der Waals surface area contributed by atoms with Crippen LogP contribution < -0.4 is 5.32 Å². The zero-order valence-corrected chi connectivity index (χ0v) is 11.7. The molecular formula is C12H20BrN3. The van der Waals surface area contributed by atoms with Crippen molar-refractivity contribution in [2.24, 2.45) is 0 Å². The van der Waals surface area contributed by atoms with Crippen molar-refractivity contribution in [2.45, 2.75) is 58.7 Å². The number of nitrogens with zero attached hydrogens (tertiary/aromatic N) is 2. The van der Waals surface area contributed by atoms with Crippen molar-refractivity contribution in [3.63, 3.8) is 0 Å². The van der Waals surface area contributed by atoms with Crippen LogP contribution in [0.2, 0.25) is 0 Å². The van der Waals surface area contributed by atoms with Gasteiger partial charge in [0.1, 0.15) is 0 Å². The van der Waals surface area contributed by atoms with Gasteiger partial charge in [-0.2, -0.15) is 5.10 Å². The van der Waals surface area contributed by atoms with Crippen molar-refractivity contribution in [1.82, 2.24) is 15.1 Å². The standard InChI is InChI=1S/C12H20BrN3/c1-3-16-11(12(13)9(2)15-16)8-14-10-6-4-5-7-10/h10,14H,3-8H2,1-2H3. The monoisotopic (exact) mass is 285 g/mol. The molecule has 1 aromatic rings. The summed E-state index contributed by atoms with van der Waals surface area (Å²) in [6.07, 6.45) is 5.42. The normalized spacial score (nSPS) is 17.2. The van der Waals surface area contributed by atoms with Crippen LogP contribution in [-0.4, -0.2) is 15.8 Å². The van der Waals surface area contributed by atoms with Crippen LogP contribution in [0.4, 0.5) is 0 Å². The number of hydrogen-bond donors (Lipinski definition) is 1. The van der Waals surface area contributed by atoms with Crippen LogP contribution in [0, 0.1) is 6.92 Å². The molecule has 1 N–H and O–H groups in total. The molecule has 1 heterocycles. The van der Waals surface area contributed by atoms with Gasteiger partial charge in [-0.15, -0.1) is 0 Å². The Morgan fingerprint density at radius 3 is 2.75 bits per heavy atom. The number of nitrogens with one attached hydrogen (secondary N) is 1. The second kappa shape index (κ2) is 5.32. The summed E-state index contributed by atoms with van der Waals surface area (Å²) in [6, 6.07) is 0.715. The van der Waals surface area contributed by atoms with Crippen LogP contribution in [0.15, 0.2) is 4.47 Å². The molecule has 0 amide bonds. The number of aromatic nitrogens is 2. The average molecular weight is 286 g/mol. The lowest BCUT2D eigenvalue weighted by molar-refractivity contribution is 0.497. The molecule has 0 radical (unpaired) electrons. The molecule has 1 aliphatic rings. The van der Waals surface area contributed by atoms with Gasteiger partial charge < -0.3 is 5.32 Å². The fourth-order valence-electron chi connectivity index (χ4n) is 2.41. The summed E-state index contributed by atoms with van der Waals surface area (Å²) in [6.45, 7) is 6.06. The Hall–Kier alpha value is -0.350. The fraction of sp³-hybridized carbons (Fsp3) is 0.750. The van der Waals surface area contributed by atoms with Gasteiger partial charge in [0.15, 0.2) is 0 Å². The van der Waals surface area contributed by atoms with E-state index < -0.39 is 0 Å². The predicted octanol–water partition coefficient (Wildman–Crippen LogP) is 3.01. The van der Waals surface area contributed by atoms with Crippen LogP contribution in [-0.2, 0) is 13.1 Å². The lowest BCUT2D eigenvalue weighted by Gasteiger charge is -2.12. The summed E-state index contributed by atoms with van der Waals surface area (Å²) in [7, 11) is 0. The summed E-state index contributed by atoms with van der Waals surface area (Å²) >= 11 is 3.63. The number of aryl methyl sites for hydroxylation is 2. The maximum absolute atomic E-state index is 4.50. The van der Waals surface area contributed by atoms with E-state index in [1.807, 2.05) is 0 Å². The molecule has 0 bridgehead atoms. The summed E-state index contributed by atoms with van der Waals surface area (Å²) in [5, 5.41) is 8.14. The second-order valence-corrected chi connectivity index (χ2v) is 5.32. The molecular weight excluding hydrogens is 266 g/mol. The first-order valence-corrected chi connectivity index (χ1v) is 6.96. The lowest BCUT2D eigenvalue weighted by Crippen LogP contribution is -2.26. The molecule has 0 aliphatic heterocycles. The third-order valence-electron chi connectivity index (χ3n) is 3.37. The largest absolute Gasteiger partial charge is 0.308 e. The maximum Gasteiger partial charge on any atom is 0.0739 e. The minimum atomic E-state index is 0.715. The van der Waals surface area contributed by atoms with Gasteiger partial charge in [-0.1, -0.05) is 12.8 Å². The van der Waals surface area contributed by atoms with Gasteiger partial charge in [-0.05, 0) is 42.6 Å². The molecule has 16 heavy (non-hydrogen) atoms. The number of hydrogen-bond acceptors (Lipinski definition) is 2. The molecule has 1 saturated carbocycles. The Morgan fingerprint density at radius 2 is 2.12 bits per heavy atom. The number of rotatable bonds is 4. The average Bonchev–Trinajstić information content (AvgIpc) is 2.87. The Kier molecular flexibility index (Phi) is 4.03. The molecule has 0 spiro atoms. The number of halogens is 1. The third-order valence-corrected chi connectivity index (χ3v) is 4.40. The van der Waals surface area contributed by atoms with E-state index in [0.29, 0.717) is 6.04 Å². The van der Waals surface area contributed by atoms with Crippen LogP contribution in [0.5, 0.6) is 0 Å². The van der Waals surface area contributed by atoms with Gasteiger partial charge in [-0.25, -0.2) is 0 Å². The van der Waals surface area contributed by atoms with Gasteiger partial charge in [-0.3, -0.25) is 4.68 Å². The van der Waals surface area contributed by atoms with Crippen molar-refractivity contribution in [2.75, 3.05) is 0 Å². The highest BCUT2D eigenvalue weighted by molar-refractivity contribution is 9.10. The Bertz CT molecular complexity index is 353. The smallest absolute Gasteiger partial charge is 0.0739 e. The summed E-state index contributed by atoms with van der Waals surface area (Å²) < 4.78 is 3.25. The Labute approximate surface area is 106 Å². The third kappa shape index (κ3) is 2.48. The van der Waals surface area contributed by atoms with Gasteiger partial charge >= 0.3 is 0 Å². The van der Waals surface area contributed by atoms with E-state index in [-0.39, 0.29) is 0 Å². The Morgan fingerprint density at radius 1 is 1.44 bits per heavy atom. The topological polar surface area (TPSA) is 29.9 Å². The van der Waals surface area contributed by atoms with E-state index >= 15 is 0 Å². The van der Waals surface area contributed by atoms with E-state index in [2.05, 4.69) is 44.9 Å². The summed E-state index contributed by atoms with van der Waals surface area (Å²) in [5.41, 5.74) is 2.37. The first-order valence-electron chi connectivity index (χ1n) is 6.17. The second-order valence-electron chi connectivity index (χ2n) is 4.52. The fourth-order valence-corrected chi connectivity index (χ4v) is 2.83. The molecule has 90 valence electrons. The van der Waals surface area contributed by atoms with E-state index in [0.717, 1.165) is 18.8 Å². The van der Waals surface area contributed by atoms with E-state index in [1.54, 1.807) is 0 Å². The van der Waals surface area contributed by atoms with Crippen molar-refractivity contribution >= 4 is 15.9 Å². The zero-order valence-electron chi connectivity index (χ0n) is 10.1. The van der Waals surface area contributed by atoms with Crippen molar-refractivity contribution in [1.29, 1.82) is 0 Å². The molecule has 4 heteroatoms. The molecule has 1 aliphatic carbocycles. The molecule has 0 saturated heterocycles. The van der Waals surface area contributed by atoms with E-state index in [1.165, 1.54) is 35.8 Å². The van der Waals surface area contributed by atoms with E-state index in [9.17, 15) is 0 Å². The highest BCUT2D eigenvalue weighted by Gasteiger charge is 2.17. The molecule has 1 fully saturated rings. The molecule has 0 unspecified atom stereocenters. The van der Waals surface area contributed by atoms with Crippen molar-refractivity contribution < 1.29 is 0 Å². The van der Waals surface area contributed by atoms with Gasteiger partial charge in [0.25, 0.3) is 0 Å². The first-order chi connectivity index (χ1) is 7.72. The predicted molar refractivity (Wildman–Crippen MR) is 69.4 cm³/mol. The van der Waals surface area contributed by atoms with Gasteiger partial charge in [0, 0.05) is 19.1 Å². The highest BCUT2D eigenvalue weighted by Crippen LogP contribution is 2.22. The van der Waals surface area contributed by atoms with Crippen LogP contribution >= 0.6 is 15.9 Å². The summed E-state index contributed by atoms with van der Waals surface area (Å²) in [5.74, 6) is 0. The molecule has 0 aromatic carbocycles. The summed E-state index contributed by atoms with van der Waals surface area (Å²) in [4.78, 5) is 0. The minimum Gasteiger partial charge on any atom is -0.308 e.